The Morgan fingerprint density at radius 3 is 1.22 bits per heavy atom. The minimum Gasteiger partial charge on any atom is -0.497 e. The second-order valence-corrected chi connectivity index (χ2v) is 21.9. The topological polar surface area (TPSA) is 68.3 Å². The van der Waals surface area contributed by atoms with Crippen LogP contribution in [-0.2, 0) is 15.9 Å². The van der Waals surface area contributed by atoms with Crippen LogP contribution >= 0.6 is 0 Å². The molecule has 0 N–H and O–H groups in total. The first-order valence-corrected chi connectivity index (χ1v) is 30.4. The average molecular weight is 1200 g/mol. The van der Waals surface area contributed by atoms with Gasteiger partial charge < -0.3 is 48.0 Å². The molecule has 10 nitrogen and oxygen atoms in total. The SMILES string of the molecule is C=C(/C=C\C(=C/C)N(c1ccc(-c2ccc(N(c3ccc(OC)cc3)c3ccc(OC)cc3)cc2)cc1)c1ccc2c(c1)Cc1cc(N(C/C=C\C(=C/C)OC)c3ccc(-c4ccc(N(c5ccc(OC)cc5)c5ccc(OC)c(C)c5)cc4)cc3)ccc1-2)OC. The van der Waals surface area contributed by atoms with Gasteiger partial charge in [-0.2, -0.15) is 0 Å². The second kappa shape index (κ2) is 28.4. The molecule has 0 aliphatic heterocycles. The van der Waals surface area contributed by atoms with Crippen LogP contribution in [0.5, 0.6) is 23.0 Å². The van der Waals surface area contributed by atoms with Gasteiger partial charge in [-0.3, -0.25) is 0 Å². The monoisotopic (exact) mass is 1200 g/mol. The number of methoxy groups -OCH3 is 6. The predicted octanol–water partition coefficient (Wildman–Crippen LogP) is 20.9. The summed E-state index contributed by atoms with van der Waals surface area (Å²) in [6, 6.07) is 79.5. The van der Waals surface area contributed by atoms with Crippen molar-refractivity contribution >= 4 is 56.9 Å². The molecule has 0 heterocycles. The van der Waals surface area contributed by atoms with Gasteiger partial charge in [0, 0.05) is 69.1 Å². The van der Waals surface area contributed by atoms with Crippen LogP contribution < -0.4 is 38.5 Å². The Hall–Kier alpha value is -11.1. The molecule has 91 heavy (non-hydrogen) atoms. The molecular weight excluding hydrogens is 1120 g/mol. The van der Waals surface area contributed by atoms with Gasteiger partial charge in [-0.1, -0.05) is 79.4 Å². The van der Waals surface area contributed by atoms with E-state index in [1.807, 2.05) is 67.6 Å². The molecule has 10 aromatic carbocycles. The van der Waals surface area contributed by atoms with Crippen molar-refractivity contribution < 1.29 is 28.4 Å². The fraction of sp³-hybridized carbons (Fsp3) is 0.136. The third kappa shape index (κ3) is 13.6. The van der Waals surface area contributed by atoms with E-state index in [4.69, 9.17) is 28.4 Å². The second-order valence-electron chi connectivity index (χ2n) is 21.9. The fourth-order valence-electron chi connectivity index (χ4n) is 11.7. The van der Waals surface area contributed by atoms with Crippen LogP contribution in [0.4, 0.5) is 56.9 Å². The van der Waals surface area contributed by atoms with Crippen molar-refractivity contribution in [2.45, 2.75) is 27.2 Å². The van der Waals surface area contributed by atoms with Crippen LogP contribution in [0.3, 0.4) is 0 Å². The Labute approximate surface area is 536 Å². The first kappa shape index (κ1) is 61.5. The summed E-state index contributed by atoms with van der Waals surface area (Å²) in [4.78, 5) is 9.14. The molecule has 0 saturated carbocycles. The van der Waals surface area contributed by atoms with E-state index >= 15 is 0 Å². The van der Waals surface area contributed by atoms with Crippen LogP contribution in [0.15, 0.2) is 285 Å². The van der Waals surface area contributed by atoms with E-state index in [1.54, 1.807) is 42.7 Å². The first-order chi connectivity index (χ1) is 44.5. The number of anilines is 10. The van der Waals surface area contributed by atoms with E-state index < -0.39 is 0 Å². The van der Waals surface area contributed by atoms with Crippen molar-refractivity contribution in [3.05, 3.63) is 301 Å². The Kier molecular flexibility index (Phi) is 19.2. The molecule has 10 heteroatoms. The maximum absolute atomic E-state index is 5.64. The molecule has 0 radical (unpaired) electrons. The van der Waals surface area contributed by atoms with Gasteiger partial charge in [-0.25, -0.2) is 0 Å². The van der Waals surface area contributed by atoms with Crippen molar-refractivity contribution in [3.8, 4) is 56.4 Å². The lowest BCUT2D eigenvalue weighted by Gasteiger charge is -2.27. The number of aryl methyl sites for hydroxylation is 1. The van der Waals surface area contributed by atoms with E-state index in [2.05, 4.69) is 240 Å². The van der Waals surface area contributed by atoms with Gasteiger partial charge in [0.25, 0.3) is 0 Å². The number of rotatable bonds is 24. The highest BCUT2D eigenvalue weighted by Gasteiger charge is 2.24. The van der Waals surface area contributed by atoms with Crippen LogP contribution in [0.1, 0.15) is 30.5 Å². The van der Waals surface area contributed by atoms with Gasteiger partial charge in [0.1, 0.15) is 34.5 Å². The Balaban J connectivity index is 0.860. The molecule has 0 unspecified atom stereocenters. The average Bonchev–Trinajstić information content (AvgIpc) is 1.78. The van der Waals surface area contributed by atoms with E-state index in [0.29, 0.717) is 12.3 Å². The van der Waals surface area contributed by atoms with Crippen molar-refractivity contribution in [1.82, 2.24) is 0 Å². The summed E-state index contributed by atoms with van der Waals surface area (Å²) >= 11 is 0. The lowest BCUT2D eigenvalue weighted by atomic mass is 10.0. The molecule has 0 atom stereocenters. The first-order valence-electron chi connectivity index (χ1n) is 30.4. The molecule has 0 aromatic heterocycles. The van der Waals surface area contributed by atoms with Crippen LogP contribution in [0.25, 0.3) is 33.4 Å². The summed E-state index contributed by atoms with van der Waals surface area (Å²) in [7, 11) is 10.1. The fourth-order valence-corrected chi connectivity index (χ4v) is 11.7. The number of hydrogen-bond donors (Lipinski definition) is 0. The number of nitrogens with zero attached hydrogens (tertiary/aromatic N) is 4. The van der Waals surface area contributed by atoms with E-state index in [-0.39, 0.29) is 0 Å². The molecule has 0 amide bonds. The summed E-state index contributed by atoms with van der Waals surface area (Å²) in [5, 5.41) is 0. The molecule has 10 aromatic rings. The molecular formula is C81H76N4O6. The zero-order valence-electron chi connectivity index (χ0n) is 53.2. The van der Waals surface area contributed by atoms with Gasteiger partial charge in [0.05, 0.1) is 42.7 Å². The van der Waals surface area contributed by atoms with Crippen molar-refractivity contribution in [2.24, 2.45) is 0 Å². The van der Waals surface area contributed by atoms with Crippen molar-refractivity contribution in [3.63, 3.8) is 0 Å². The summed E-state index contributed by atoms with van der Waals surface area (Å²) < 4.78 is 33.2. The molecule has 1 aliphatic carbocycles. The molecule has 456 valence electrons. The third-order valence-corrected chi connectivity index (χ3v) is 16.6. The Morgan fingerprint density at radius 1 is 0.396 bits per heavy atom. The number of allylic oxidation sites excluding steroid dienone is 5. The lowest BCUT2D eigenvalue weighted by molar-refractivity contribution is 0.306. The molecule has 0 fully saturated rings. The zero-order valence-corrected chi connectivity index (χ0v) is 53.2. The highest BCUT2D eigenvalue weighted by Crippen LogP contribution is 2.45. The normalized spacial score (nSPS) is 11.9. The minimum atomic E-state index is 0.567. The largest absolute Gasteiger partial charge is 0.497 e. The maximum atomic E-state index is 5.64. The highest BCUT2D eigenvalue weighted by atomic mass is 16.5. The zero-order chi connectivity index (χ0) is 63.4. The summed E-state index contributed by atoms with van der Waals surface area (Å²) in [6.45, 7) is 10.8. The smallest absolute Gasteiger partial charge is 0.121 e. The van der Waals surface area contributed by atoms with E-state index in [1.165, 1.54) is 22.3 Å². The minimum absolute atomic E-state index is 0.567. The van der Waals surface area contributed by atoms with Gasteiger partial charge in [0.2, 0.25) is 0 Å². The Morgan fingerprint density at radius 2 is 0.802 bits per heavy atom. The van der Waals surface area contributed by atoms with Gasteiger partial charge in [-0.15, -0.1) is 0 Å². The van der Waals surface area contributed by atoms with Crippen molar-refractivity contribution in [1.29, 1.82) is 0 Å². The van der Waals surface area contributed by atoms with Gasteiger partial charge in [0.15, 0.2) is 0 Å². The van der Waals surface area contributed by atoms with Gasteiger partial charge >= 0.3 is 0 Å². The summed E-state index contributed by atoms with van der Waals surface area (Å²) in [5.74, 6) is 4.63. The summed E-state index contributed by atoms with van der Waals surface area (Å²) in [5.41, 5.74) is 21.8. The highest BCUT2D eigenvalue weighted by molar-refractivity contribution is 5.86. The Bertz CT molecular complexity index is 4220. The number of benzene rings is 10. The number of hydrogen-bond acceptors (Lipinski definition) is 10. The summed E-state index contributed by atoms with van der Waals surface area (Å²) in [6.07, 6.45) is 13.0. The van der Waals surface area contributed by atoms with Crippen molar-refractivity contribution in [2.75, 3.05) is 68.8 Å². The molecule has 11 rings (SSSR count). The third-order valence-electron chi connectivity index (χ3n) is 16.6. The number of fused-ring (bicyclic) bond motifs is 3. The molecule has 0 bridgehead atoms. The molecule has 0 saturated heterocycles. The van der Waals surface area contributed by atoms with Gasteiger partial charge in [-0.05, 0) is 265 Å². The maximum Gasteiger partial charge on any atom is 0.121 e. The standard InChI is InChI=1S/C81H76N4O6/c1-11-64(24-15-57(4)86-5)83(66-27-18-60(19-28-66)61-20-29-67(30-21-61)84(69-33-42-76(88-7)43-34-69)70-35-44-77(89-8)45-36-70)74-40-49-80-63(55-74)53-62-54-72(39-48-79(62)80)82(51-13-14-75(12-2)87-6)65-25-16-58(17-26-65)59-22-31-68(32-23-59)85(71-37-46-78(90-9)47-38-71)73-41-50-81(91-10)56(3)52-73/h11-50,52,54-55H,4,51,53H2,1-3,5-10H3/b14-13-,24-15-,64-11+,75-12+. The molecule has 1 aliphatic rings. The predicted molar refractivity (Wildman–Crippen MR) is 377 cm³/mol. The van der Waals surface area contributed by atoms with Crippen LogP contribution in [0.2, 0.25) is 0 Å². The molecule has 0 spiro atoms. The van der Waals surface area contributed by atoms with E-state index in [0.717, 1.165) is 126 Å². The quantitative estimate of drug-likeness (QED) is 0.0432. The van der Waals surface area contributed by atoms with Crippen LogP contribution in [-0.4, -0.2) is 49.2 Å². The van der Waals surface area contributed by atoms with Crippen LogP contribution in [0, 0.1) is 6.92 Å². The lowest BCUT2D eigenvalue weighted by Crippen LogP contribution is -2.17. The number of ether oxygens (including phenoxy) is 6. The van der Waals surface area contributed by atoms with E-state index in [9.17, 15) is 0 Å².